The first-order valence-corrected chi connectivity index (χ1v) is 10.3. The van der Waals surface area contributed by atoms with Gasteiger partial charge in [0.05, 0.1) is 0 Å². The summed E-state index contributed by atoms with van der Waals surface area (Å²) in [6.07, 6.45) is 9.50. The van der Waals surface area contributed by atoms with Gasteiger partial charge in [0.15, 0.2) is 0 Å². The van der Waals surface area contributed by atoms with Crippen LogP contribution in [-0.4, -0.2) is 23.9 Å². The molecule has 0 spiro atoms. The Labute approximate surface area is 152 Å². The molecule has 0 aromatic carbocycles. The highest BCUT2D eigenvalue weighted by Gasteiger charge is 2.60. The quantitative estimate of drug-likeness (QED) is 0.576. The molecule has 1 amide bonds. The molecule has 0 aromatic heterocycles. The summed E-state index contributed by atoms with van der Waals surface area (Å²) in [4.78, 5) is 14.3. The smallest absolute Gasteiger partial charge is 0.222 e. The second kappa shape index (κ2) is 5.50. The molecule has 1 heterocycles. The van der Waals surface area contributed by atoms with Gasteiger partial charge in [0, 0.05) is 24.5 Å². The molecule has 0 bridgehead atoms. The number of rotatable bonds is 0. The summed E-state index contributed by atoms with van der Waals surface area (Å²) >= 11 is 6.48. The SMILES string of the molecule is C/C(Cl)=C1\CC[C@H]2[C@@H]3CC[C@H]4N(C)C(=O)CC[C@]4(C)[C@H]3CC[C@]12C. The Morgan fingerprint density at radius 1 is 1.08 bits per heavy atom. The lowest BCUT2D eigenvalue weighted by molar-refractivity contribution is -0.156. The van der Waals surface area contributed by atoms with Gasteiger partial charge in [0.1, 0.15) is 0 Å². The number of hydrogen-bond donors (Lipinski definition) is 0. The molecule has 1 saturated heterocycles. The van der Waals surface area contributed by atoms with Gasteiger partial charge in [-0.05, 0) is 86.0 Å². The zero-order valence-electron chi connectivity index (χ0n) is 15.7. The van der Waals surface area contributed by atoms with E-state index in [4.69, 9.17) is 11.6 Å². The van der Waals surface area contributed by atoms with Gasteiger partial charge in [-0.2, -0.15) is 0 Å². The standard InChI is InChI=1S/C21H32ClNO/c1-13(22)15-6-7-16-14-5-8-18-21(3,12-10-19(24)23(18)4)17(14)9-11-20(15,16)2/h14,16-18H,5-12H2,1-4H3/b15-13-/t14-,16-,17-,18+,20+,21+/m0/s1. The molecule has 3 aliphatic carbocycles. The summed E-state index contributed by atoms with van der Waals surface area (Å²) in [6, 6.07) is 0.468. The van der Waals surface area contributed by atoms with Crippen molar-refractivity contribution in [1.82, 2.24) is 4.90 Å². The average Bonchev–Trinajstić information content (AvgIpc) is 2.89. The summed E-state index contributed by atoms with van der Waals surface area (Å²) in [5, 5.41) is 1.06. The minimum atomic E-state index is 0.329. The maximum atomic E-state index is 12.2. The third-order valence-electron chi connectivity index (χ3n) is 8.76. The molecule has 2 nitrogen and oxygen atoms in total. The Hall–Kier alpha value is -0.500. The van der Waals surface area contributed by atoms with Crippen LogP contribution in [0.25, 0.3) is 0 Å². The van der Waals surface area contributed by atoms with Gasteiger partial charge in [-0.15, -0.1) is 0 Å². The van der Waals surface area contributed by atoms with Crippen LogP contribution in [0.4, 0.5) is 0 Å². The fourth-order valence-electron chi connectivity index (χ4n) is 7.53. The van der Waals surface area contributed by atoms with Crippen molar-refractivity contribution < 1.29 is 4.79 Å². The van der Waals surface area contributed by atoms with Crippen LogP contribution in [0.2, 0.25) is 0 Å². The number of carbonyl (C=O) groups excluding carboxylic acids is 1. The first-order chi connectivity index (χ1) is 11.3. The third-order valence-corrected chi connectivity index (χ3v) is 8.99. The van der Waals surface area contributed by atoms with Gasteiger partial charge in [0.25, 0.3) is 0 Å². The van der Waals surface area contributed by atoms with Crippen molar-refractivity contribution in [3.05, 3.63) is 10.6 Å². The Bertz CT molecular complexity index is 595. The highest BCUT2D eigenvalue weighted by atomic mass is 35.5. The van der Waals surface area contributed by atoms with Crippen LogP contribution in [0.15, 0.2) is 10.6 Å². The Morgan fingerprint density at radius 3 is 2.54 bits per heavy atom. The minimum Gasteiger partial charge on any atom is -0.342 e. The number of carbonyl (C=O) groups is 1. The number of hydrogen-bond acceptors (Lipinski definition) is 1. The number of halogens is 1. The van der Waals surface area contributed by atoms with Crippen molar-refractivity contribution in [2.45, 2.75) is 78.2 Å². The van der Waals surface area contributed by atoms with E-state index in [0.29, 0.717) is 22.8 Å². The van der Waals surface area contributed by atoms with E-state index in [-0.39, 0.29) is 0 Å². The summed E-state index contributed by atoms with van der Waals surface area (Å²) in [6.45, 7) is 7.09. The van der Waals surface area contributed by atoms with Crippen molar-refractivity contribution in [2.24, 2.45) is 28.6 Å². The highest BCUT2D eigenvalue weighted by molar-refractivity contribution is 6.29. The number of amides is 1. The Balaban J connectivity index is 1.67. The van der Waals surface area contributed by atoms with Crippen LogP contribution in [0.5, 0.6) is 0 Å². The lowest BCUT2D eigenvalue weighted by Gasteiger charge is -2.61. The van der Waals surface area contributed by atoms with Gasteiger partial charge >= 0.3 is 0 Å². The predicted molar refractivity (Wildman–Crippen MR) is 98.7 cm³/mol. The molecule has 0 unspecified atom stereocenters. The molecule has 134 valence electrons. The van der Waals surface area contributed by atoms with Crippen LogP contribution in [-0.2, 0) is 4.79 Å². The van der Waals surface area contributed by atoms with Crippen molar-refractivity contribution in [3.63, 3.8) is 0 Å². The molecular weight excluding hydrogens is 318 g/mol. The van der Waals surface area contributed by atoms with Crippen LogP contribution in [0, 0.1) is 28.6 Å². The molecule has 4 rings (SSSR count). The van der Waals surface area contributed by atoms with Crippen LogP contribution in [0.3, 0.4) is 0 Å². The maximum absolute atomic E-state index is 12.2. The lowest BCUT2D eigenvalue weighted by atomic mass is 9.47. The average molecular weight is 350 g/mol. The number of piperidine rings is 1. The number of fused-ring (bicyclic) bond motifs is 5. The van der Waals surface area contributed by atoms with Crippen LogP contribution >= 0.6 is 11.6 Å². The van der Waals surface area contributed by atoms with E-state index in [0.717, 1.165) is 35.6 Å². The highest BCUT2D eigenvalue weighted by Crippen LogP contribution is 2.66. The molecule has 24 heavy (non-hydrogen) atoms. The second-order valence-electron chi connectivity index (χ2n) is 9.49. The van der Waals surface area contributed by atoms with E-state index in [9.17, 15) is 4.79 Å². The van der Waals surface area contributed by atoms with E-state index in [1.807, 2.05) is 7.05 Å². The number of allylic oxidation sites excluding steroid dienone is 2. The molecule has 3 heteroatoms. The molecule has 4 aliphatic rings. The van der Waals surface area contributed by atoms with E-state index in [1.165, 1.54) is 38.5 Å². The predicted octanol–water partition coefficient (Wildman–Crippen LogP) is 5.36. The zero-order chi connectivity index (χ0) is 17.3. The second-order valence-corrected chi connectivity index (χ2v) is 10.1. The minimum absolute atomic E-state index is 0.329. The van der Waals surface area contributed by atoms with Crippen LogP contribution in [0.1, 0.15) is 72.1 Å². The Morgan fingerprint density at radius 2 is 1.83 bits per heavy atom. The van der Waals surface area contributed by atoms with E-state index in [2.05, 4.69) is 25.7 Å². The fourth-order valence-corrected chi connectivity index (χ4v) is 7.84. The first-order valence-electron chi connectivity index (χ1n) is 9.90. The molecular formula is C21H32ClNO. The fraction of sp³-hybridized carbons (Fsp3) is 0.857. The normalized spacial score (nSPS) is 50.2. The monoisotopic (exact) mass is 349 g/mol. The van der Waals surface area contributed by atoms with Crippen molar-refractivity contribution in [2.75, 3.05) is 7.05 Å². The van der Waals surface area contributed by atoms with E-state index >= 15 is 0 Å². The lowest BCUT2D eigenvalue weighted by Crippen LogP contribution is -2.61. The molecule has 0 radical (unpaired) electrons. The van der Waals surface area contributed by atoms with Gasteiger partial charge in [-0.1, -0.05) is 25.4 Å². The third kappa shape index (κ3) is 2.11. The Kier molecular flexibility index (Phi) is 3.88. The number of nitrogens with zero attached hydrogens (tertiary/aromatic N) is 1. The van der Waals surface area contributed by atoms with Gasteiger partial charge in [0.2, 0.25) is 5.91 Å². The van der Waals surface area contributed by atoms with E-state index < -0.39 is 0 Å². The molecule has 6 atom stereocenters. The molecule has 1 aliphatic heterocycles. The number of likely N-dealkylation sites (tertiary alicyclic amines) is 1. The molecule has 4 fully saturated rings. The van der Waals surface area contributed by atoms with Gasteiger partial charge < -0.3 is 4.90 Å². The van der Waals surface area contributed by atoms with Crippen LogP contribution < -0.4 is 0 Å². The first kappa shape index (κ1) is 16.9. The maximum Gasteiger partial charge on any atom is 0.222 e. The van der Waals surface area contributed by atoms with Crippen molar-refractivity contribution >= 4 is 17.5 Å². The largest absolute Gasteiger partial charge is 0.342 e. The summed E-state index contributed by atoms with van der Waals surface area (Å²) in [5.41, 5.74) is 2.22. The van der Waals surface area contributed by atoms with Crippen molar-refractivity contribution in [3.8, 4) is 0 Å². The topological polar surface area (TPSA) is 20.3 Å². The van der Waals surface area contributed by atoms with Gasteiger partial charge in [-0.3, -0.25) is 4.79 Å². The summed E-state index contributed by atoms with van der Waals surface area (Å²) in [7, 11) is 2.05. The van der Waals surface area contributed by atoms with Crippen molar-refractivity contribution in [1.29, 1.82) is 0 Å². The van der Waals surface area contributed by atoms with Gasteiger partial charge in [-0.25, -0.2) is 0 Å². The summed E-state index contributed by atoms with van der Waals surface area (Å²) in [5.74, 6) is 2.79. The molecule has 3 saturated carbocycles. The molecule has 0 aromatic rings. The molecule has 0 N–H and O–H groups in total. The zero-order valence-corrected chi connectivity index (χ0v) is 16.5. The summed E-state index contributed by atoms with van der Waals surface area (Å²) < 4.78 is 0. The van der Waals surface area contributed by atoms with E-state index in [1.54, 1.807) is 5.57 Å².